The summed E-state index contributed by atoms with van der Waals surface area (Å²) < 4.78 is 3.47. The maximum absolute atomic E-state index is 13.1. The first-order valence-electron chi connectivity index (χ1n) is 10.4. The molecular formula is C22H27N5O2S. The van der Waals surface area contributed by atoms with Gasteiger partial charge in [0.05, 0.1) is 29.1 Å². The van der Waals surface area contributed by atoms with E-state index >= 15 is 0 Å². The van der Waals surface area contributed by atoms with E-state index in [2.05, 4.69) is 10.2 Å². The lowest BCUT2D eigenvalue weighted by atomic mass is 10.0. The Morgan fingerprint density at radius 1 is 1.27 bits per heavy atom. The molecule has 4 heterocycles. The van der Waals surface area contributed by atoms with E-state index in [0.717, 1.165) is 41.3 Å². The van der Waals surface area contributed by atoms with Gasteiger partial charge >= 0.3 is 0 Å². The average Bonchev–Trinajstić information content (AvgIpc) is 3.38. The van der Waals surface area contributed by atoms with Gasteiger partial charge in [0.25, 0.3) is 5.56 Å². The van der Waals surface area contributed by atoms with Crippen LogP contribution in [-0.4, -0.2) is 43.5 Å². The highest BCUT2D eigenvalue weighted by atomic mass is 32.1. The third-order valence-electron chi connectivity index (χ3n) is 5.62. The Hall–Kier alpha value is -2.74. The summed E-state index contributed by atoms with van der Waals surface area (Å²) in [6.07, 6.45) is 1.71. The molecule has 1 saturated heterocycles. The number of nitrogens with zero attached hydrogens (tertiary/aromatic N) is 5. The molecule has 0 aliphatic carbocycles. The molecule has 0 saturated carbocycles. The van der Waals surface area contributed by atoms with E-state index in [1.165, 1.54) is 0 Å². The van der Waals surface area contributed by atoms with E-state index in [-0.39, 0.29) is 23.4 Å². The number of hydrogen-bond donors (Lipinski definition) is 0. The molecule has 30 heavy (non-hydrogen) atoms. The van der Waals surface area contributed by atoms with Gasteiger partial charge in [-0.3, -0.25) is 14.3 Å². The minimum atomic E-state index is -0.177. The number of likely N-dealkylation sites (tertiary alicyclic amines) is 1. The van der Waals surface area contributed by atoms with Gasteiger partial charge in [-0.05, 0) is 50.3 Å². The Bertz CT molecular complexity index is 1090. The Balaban J connectivity index is 1.49. The van der Waals surface area contributed by atoms with Crippen molar-refractivity contribution in [1.82, 2.24) is 24.5 Å². The maximum atomic E-state index is 13.1. The molecule has 8 heteroatoms. The summed E-state index contributed by atoms with van der Waals surface area (Å²) in [6.45, 7) is 7.71. The quantitative estimate of drug-likeness (QED) is 0.629. The summed E-state index contributed by atoms with van der Waals surface area (Å²) in [6, 6.07) is 9.24. The molecule has 0 spiro atoms. The number of aryl methyl sites for hydroxylation is 2. The number of thiophene rings is 1. The normalized spacial score (nSPS) is 17.8. The van der Waals surface area contributed by atoms with Gasteiger partial charge in [-0.25, -0.2) is 4.68 Å². The maximum Gasteiger partial charge on any atom is 0.267 e. The van der Waals surface area contributed by atoms with Crippen molar-refractivity contribution in [2.24, 2.45) is 5.92 Å². The molecule has 1 amide bonds. The van der Waals surface area contributed by atoms with Gasteiger partial charge in [-0.1, -0.05) is 13.0 Å². The van der Waals surface area contributed by atoms with Crippen molar-refractivity contribution in [3.63, 3.8) is 0 Å². The van der Waals surface area contributed by atoms with Gasteiger partial charge < -0.3 is 4.90 Å². The number of amides is 1. The zero-order valence-corrected chi connectivity index (χ0v) is 18.4. The molecule has 0 bridgehead atoms. The molecule has 3 aromatic rings. The predicted molar refractivity (Wildman–Crippen MR) is 118 cm³/mol. The standard InChI is InChI=1S/C22H27N5O2S/c1-15(13-26-17(3)12-16(2)23-26)22(29)25-10-4-6-18(14-25)27-21(28)9-8-19(24-27)20-7-5-11-30-20/h5,7-9,11-12,15,18H,4,6,10,13-14H2,1-3H3. The lowest BCUT2D eigenvalue weighted by Crippen LogP contribution is -2.45. The van der Waals surface area contributed by atoms with Crippen LogP contribution in [0.3, 0.4) is 0 Å². The van der Waals surface area contributed by atoms with Gasteiger partial charge in [0, 0.05) is 24.8 Å². The highest BCUT2D eigenvalue weighted by molar-refractivity contribution is 7.13. The van der Waals surface area contributed by atoms with Crippen molar-refractivity contribution in [3.8, 4) is 10.6 Å². The Kier molecular flexibility index (Phi) is 5.85. The van der Waals surface area contributed by atoms with Gasteiger partial charge in [0.1, 0.15) is 5.69 Å². The van der Waals surface area contributed by atoms with Crippen molar-refractivity contribution < 1.29 is 4.79 Å². The fourth-order valence-electron chi connectivity index (χ4n) is 4.11. The van der Waals surface area contributed by atoms with Crippen LogP contribution in [0.2, 0.25) is 0 Å². The van der Waals surface area contributed by atoms with Crippen LogP contribution in [0.5, 0.6) is 0 Å². The van der Waals surface area contributed by atoms with E-state index < -0.39 is 0 Å². The topological polar surface area (TPSA) is 73.0 Å². The molecule has 0 aromatic carbocycles. The Labute approximate surface area is 180 Å². The van der Waals surface area contributed by atoms with E-state index in [9.17, 15) is 9.59 Å². The lowest BCUT2D eigenvalue weighted by molar-refractivity contribution is -0.137. The Morgan fingerprint density at radius 2 is 2.10 bits per heavy atom. The number of piperidine rings is 1. The zero-order chi connectivity index (χ0) is 21.3. The highest BCUT2D eigenvalue weighted by Crippen LogP contribution is 2.25. The second kappa shape index (κ2) is 8.55. The van der Waals surface area contributed by atoms with Crippen LogP contribution in [-0.2, 0) is 11.3 Å². The van der Waals surface area contributed by atoms with Gasteiger partial charge in [-0.2, -0.15) is 10.2 Å². The van der Waals surface area contributed by atoms with E-state index in [1.54, 1.807) is 28.2 Å². The monoisotopic (exact) mass is 425 g/mol. The van der Waals surface area contributed by atoms with Gasteiger partial charge in [0.15, 0.2) is 0 Å². The molecule has 2 atom stereocenters. The number of aromatic nitrogens is 4. The first-order valence-corrected chi connectivity index (χ1v) is 11.2. The number of rotatable bonds is 5. The number of hydrogen-bond acceptors (Lipinski definition) is 5. The third kappa shape index (κ3) is 4.23. The lowest BCUT2D eigenvalue weighted by Gasteiger charge is -2.34. The molecule has 7 nitrogen and oxygen atoms in total. The molecule has 158 valence electrons. The largest absolute Gasteiger partial charge is 0.340 e. The molecule has 0 radical (unpaired) electrons. The van der Waals surface area contributed by atoms with E-state index in [1.807, 2.05) is 53.9 Å². The summed E-state index contributed by atoms with van der Waals surface area (Å²) in [4.78, 5) is 28.6. The van der Waals surface area contributed by atoms with Crippen LogP contribution in [0.1, 0.15) is 37.2 Å². The summed E-state index contributed by atoms with van der Waals surface area (Å²) in [5.74, 6) is -0.0707. The second-order valence-electron chi connectivity index (χ2n) is 8.07. The third-order valence-corrected chi connectivity index (χ3v) is 6.52. The molecule has 4 rings (SSSR count). The van der Waals surface area contributed by atoms with E-state index in [0.29, 0.717) is 13.1 Å². The summed E-state index contributed by atoms with van der Waals surface area (Å²) in [7, 11) is 0. The van der Waals surface area contributed by atoms with Crippen LogP contribution in [0.15, 0.2) is 40.5 Å². The number of carbonyl (C=O) groups excluding carboxylic acids is 1. The zero-order valence-electron chi connectivity index (χ0n) is 17.6. The van der Waals surface area contributed by atoms with Crippen LogP contribution in [0, 0.1) is 19.8 Å². The molecule has 3 aromatic heterocycles. The SMILES string of the molecule is Cc1cc(C)n(CC(C)C(=O)N2CCCC(n3nc(-c4cccs4)ccc3=O)C2)n1. The van der Waals surface area contributed by atoms with Crippen LogP contribution in [0.4, 0.5) is 0 Å². The average molecular weight is 426 g/mol. The molecule has 0 N–H and O–H groups in total. The minimum absolute atomic E-state index is 0.101. The summed E-state index contributed by atoms with van der Waals surface area (Å²) in [5.41, 5.74) is 2.70. The predicted octanol–water partition coefficient (Wildman–Crippen LogP) is 3.28. The highest BCUT2D eigenvalue weighted by Gasteiger charge is 2.29. The number of carbonyl (C=O) groups is 1. The van der Waals surface area contributed by atoms with Crippen molar-refractivity contribution in [3.05, 3.63) is 57.5 Å². The minimum Gasteiger partial charge on any atom is -0.340 e. The van der Waals surface area contributed by atoms with Crippen molar-refractivity contribution in [2.75, 3.05) is 13.1 Å². The van der Waals surface area contributed by atoms with Gasteiger partial charge in [0.2, 0.25) is 5.91 Å². The Morgan fingerprint density at radius 3 is 2.80 bits per heavy atom. The molecule has 1 aliphatic heterocycles. The van der Waals surface area contributed by atoms with Crippen LogP contribution >= 0.6 is 11.3 Å². The molecular weight excluding hydrogens is 398 g/mol. The van der Waals surface area contributed by atoms with Crippen LogP contribution in [0.25, 0.3) is 10.6 Å². The smallest absolute Gasteiger partial charge is 0.267 e. The second-order valence-corrected chi connectivity index (χ2v) is 9.02. The first-order chi connectivity index (χ1) is 14.4. The van der Waals surface area contributed by atoms with Crippen LogP contribution < -0.4 is 5.56 Å². The first kappa shape index (κ1) is 20.5. The summed E-state index contributed by atoms with van der Waals surface area (Å²) >= 11 is 1.60. The fraction of sp³-hybridized carbons (Fsp3) is 0.455. The summed E-state index contributed by atoms with van der Waals surface area (Å²) in [5, 5.41) is 11.1. The molecule has 1 aliphatic rings. The van der Waals surface area contributed by atoms with Crippen molar-refractivity contribution in [2.45, 2.75) is 46.2 Å². The van der Waals surface area contributed by atoms with E-state index in [4.69, 9.17) is 0 Å². The van der Waals surface area contributed by atoms with Crippen molar-refractivity contribution in [1.29, 1.82) is 0 Å². The van der Waals surface area contributed by atoms with Gasteiger partial charge in [-0.15, -0.1) is 11.3 Å². The molecule has 1 fully saturated rings. The molecule has 2 unspecified atom stereocenters. The fourth-order valence-corrected chi connectivity index (χ4v) is 4.80. The van der Waals surface area contributed by atoms with Crippen molar-refractivity contribution >= 4 is 17.2 Å².